The molecule has 0 N–H and O–H groups in total. The molecule has 0 spiro atoms. The molecule has 85 valence electrons. The van der Waals surface area contributed by atoms with E-state index in [-0.39, 0.29) is 0 Å². The van der Waals surface area contributed by atoms with E-state index in [9.17, 15) is 0 Å². The Morgan fingerprint density at radius 2 is 1.43 bits per heavy atom. The summed E-state index contributed by atoms with van der Waals surface area (Å²) in [6, 6.07) is 0. The summed E-state index contributed by atoms with van der Waals surface area (Å²) in [6.07, 6.45) is 13.8. The van der Waals surface area contributed by atoms with E-state index < -0.39 is 0 Å². The lowest BCUT2D eigenvalue weighted by Crippen LogP contribution is -2.00. The van der Waals surface area contributed by atoms with Crippen LogP contribution >= 0.6 is 0 Å². The van der Waals surface area contributed by atoms with E-state index in [4.69, 9.17) is 0 Å². The molecule has 1 atom stereocenters. The Hall–Kier alpha value is 0. The fourth-order valence-corrected chi connectivity index (χ4v) is 2.13. The second-order valence-corrected chi connectivity index (χ2v) is 4.50. The molecular formula is C14H29. The van der Waals surface area contributed by atoms with Gasteiger partial charge in [-0.2, -0.15) is 0 Å². The van der Waals surface area contributed by atoms with E-state index in [1.807, 2.05) is 0 Å². The lowest BCUT2D eigenvalue weighted by Gasteiger charge is -2.15. The second-order valence-electron chi connectivity index (χ2n) is 4.50. The fraction of sp³-hybridized carbons (Fsp3) is 0.929. The first kappa shape index (κ1) is 14.0. The van der Waals surface area contributed by atoms with Crippen LogP contribution in [0.3, 0.4) is 0 Å². The third-order valence-electron chi connectivity index (χ3n) is 3.03. The lowest BCUT2D eigenvalue weighted by molar-refractivity contribution is 0.384. The smallest absolute Gasteiger partial charge is 0.0414 e. The van der Waals surface area contributed by atoms with Crippen molar-refractivity contribution in [1.82, 2.24) is 0 Å². The third kappa shape index (κ3) is 8.59. The van der Waals surface area contributed by atoms with E-state index in [1.54, 1.807) is 0 Å². The van der Waals surface area contributed by atoms with Crippen LogP contribution in [0.5, 0.6) is 0 Å². The van der Waals surface area contributed by atoms with E-state index in [0.717, 1.165) is 12.3 Å². The van der Waals surface area contributed by atoms with Gasteiger partial charge in [0.05, 0.1) is 0 Å². The summed E-state index contributed by atoms with van der Waals surface area (Å²) in [5.41, 5.74) is 0. The Morgan fingerprint density at radius 1 is 0.786 bits per heavy atom. The Balaban J connectivity index is 3.44. The fourth-order valence-electron chi connectivity index (χ4n) is 2.13. The zero-order chi connectivity index (χ0) is 10.6. The van der Waals surface area contributed by atoms with Crippen LogP contribution in [-0.2, 0) is 0 Å². The topological polar surface area (TPSA) is 0 Å². The number of rotatable bonds is 10. The van der Waals surface area contributed by atoms with Crippen LogP contribution in [-0.4, -0.2) is 0 Å². The summed E-state index contributed by atoms with van der Waals surface area (Å²) in [5, 5.41) is 0. The molecule has 0 nitrogen and oxygen atoms in total. The highest BCUT2D eigenvalue weighted by Crippen LogP contribution is 2.21. The van der Waals surface area contributed by atoms with E-state index in [1.165, 1.54) is 57.8 Å². The van der Waals surface area contributed by atoms with Crippen LogP contribution in [0.2, 0.25) is 0 Å². The first-order valence-electron chi connectivity index (χ1n) is 6.64. The van der Waals surface area contributed by atoms with Crippen molar-refractivity contribution in [2.75, 3.05) is 0 Å². The Kier molecular flexibility index (Phi) is 11.1. The van der Waals surface area contributed by atoms with Gasteiger partial charge in [0.2, 0.25) is 0 Å². The van der Waals surface area contributed by atoms with Crippen molar-refractivity contribution in [2.24, 2.45) is 5.92 Å². The highest BCUT2D eigenvalue weighted by atomic mass is 14.1. The Labute approximate surface area is 91.5 Å². The van der Waals surface area contributed by atoms with E-state index in [2.05, 4.69) is 20.8 Å². The molecule has 0 aromatic rings. The molecule has 0 heteroatoms. The molecule has 0 aliphatic rings. The SMILES string of the molecule is [CH2]CCCCC(CCC)CCCCC. The molecule has 0 aliphatic heterocycles. The maximum Gasteiger partial charge on any atom is -0.0414 e. The zero-order valence-corrected chi connectivity index (χ0v) is 10.4. The van der Waals surface area contributed by atoms with Crippen molar-refractivity contribution in [3.8, 4) is 0 Å². The summed E-state index contributed by atoms with van der Waals surface area (Å²) in [6.45, 7) is 8.51. The van der Waals surface area contributed by atoms with Crippen molar-refractivity contribution in [3.05, 3.63) is 6.92 Å². The maximum absolute atomic E-state index is 3.90. The van der Waals surface area contributed by atoms with Gasteiger partial charge in [-0.1, -0.05) is 85.0 Å². The van der Waals surface area contributed by atoms with Crippen LogP contribution < -0.4 is 0 Å². The molecular weight excluding hydrogens is 168 g/mol. The zero-order valence-electron chi connectivity index (χ0n) is 10.4. The summed E-state index contributed by atoms with van der Waals surface area (Å²) in [4.78, 5) is 0. The van der Waals surface area contributed by atoms with Crippen molar-refractivity contribution in [1.29, 1.82) is 0 Å². The van der Waals surface area contributed by atoms with Gasteiger partial charge < -0.3 is 0 Å². The number of hydrogen-bond acceptors (Lipinski definition) is 0. The highest BCUT2D eigenvalue weighted by Gasteiger charge is 2.06. The van der Waals surface area contributed by atoms with Gasteiger partial charge in [-0.25, -0.2) is 0 Å². The molecule has 0 aliphatic carbocycles. The van der Waals surface area contributed by atoms with Gasteiger partial charge in [0.25, 0.3) is 0 Å². The van der Waals surface area contributed by atoms with Crippen LogP contribution in [0.1, 0.15) is 78.1 Å². The van der Waals surface area contributed by atoms with Crippen molar-refractivity contribution in [2.45, 2.75) is 78.1 Å². The highest BCUT2D eigenvalue weighted by molar-refractivity contribution is 4.60. The van der Waals surface area contributed by atoms with Gasteiger partial charge in [0.1, 0.15) is 0 Å². The van der Waals surface area contributed by atoms with Gasteiger partial charge >= 0.3 is 0 Å². The minimum absolute atomic E-state index is 1.01. The Morgan fingerprint density at radius 3 is 1.93 bits per heavy atom. The Bertz CT molecular complexity index is 86.2. The van der Waals surface area contributed by atoms with Crippen molar-refractivity contribution >= 4 is 0 Å². The predicted molar refractivity (Wildman–Crippen MR) is 66.4 cm³/mol. The summed E-state index contributed by atoms with van der Waals surface area (Å²) in [5.74, 6) is 1.01. The quantitative estimate of drug-likeness (QED) is 0.413. The summed E-state index contributed by atoms with van der Waals surface area (Å²) >= 11 is 0. The summed E-state index contributed by atoms with van der Waals surface area (Å²) in [7, 11) is 0. The molecule has 0 amide bonds. The molecule has 0 aromatic heterocycles. The van der Waals surface area contributed by atoms with Gasteiger partial charge in [0, 0.05) is 0 Å². The molecule has 14 heavy (non-hydrogen) atoms. The molecule has 0 bridgehead atoms. The number of hydrogen-bond donors (Lipinski definition) is 0. The molecule has 1 unspecified atom stereocenters. The van der Waals surface area contributed by atoms with Gasteiger partial charge in [-0.15, -0.1) is 0 Å². The van der Waals surface area contributed by atoms with Crippen molar-refractivity contribution < 1.29 is 0 Å². The van der Waals surface area contributed by atoms with Gasteiger partial charge in [-0.3, -0.25) is 0 Å². The monoisotopic (exact) mass is 197 g/mol. The van der Waals surface area contributed by atoms with Crippen LogP contribution in [0.25, 0.3) is 0 Å². The van der Waals surface area contributed by atoms with Gasteiger partial charge in [0.15, 0.2) is 0 Å². The predicted octanol–water partition coefficient (Wildman–Crippen LogP) is 5.38. The van der Waals surface area contributed by atoms with E-state index >= 15 is 0 Å². The molecule has 0 fully saturated rings. The third-order valence-corrected chi connectivity index (χ3v) is 3.03. The normalized spacial score (nSPS) is 11.1. The average molecular weight is 197 g/mol. The standard InChI is InChI=1S/C14H29/c1-4-7-9-12-14(11-6-3)13-10-8-5-2/h14H,1,4-13H2,2-3H3. The first-order chi connectivity index (χ1) is 6.85. The van der Waals surface area contributed by atoms with Crippen molar-refractivity contribution in [3.63, 3.8) is 0 Å². The largest absolute Gasteiger partial charge is 0.0654 e. The summed E-state index contributed by atoms with van der Waals surface area (Å²) < 4.78 is 0. The molecule has 1 radical (unpaired) electrons. The molecule has 0 heterocycles. The lowest BCUT2D eigenvalue weighted by atomic mass is 9.91. The second kappa shape index (κ2) is 11.1. The van der Waals surface area contributed by atoms with E-state index in [0.29, 0.717) is 0 Å². The molecule has 0 aromatic carbocycles. The van der Waals surface area contributed by atoms with Crippen LogP contribution in [0.15, 0.2) is 0 Å². The van der Waals surface area contributed by atoms with Crippen LogP contribution in [0.4, 0.5) is 0 Å². The number of unbranched alkanes of at least 4 members (excludes halogenated alkanes) is 4. The first-order valence-corrected chi connectivity index (χ1v) is 6.64. The molecule has 0 saturated heterocycles. The van der Waals surface area contributed by atoms with Crippen LogP contribution in [0, 0.1) is 12.8 Å². The maximum atomic E-state index is 3.90. The molecule has 0 saturated carbocycles. The molecule has 0 rings (SSSR count). The minimum Gasteiger partial charge on any atom is -0.0654 e. The average Bonchev–Trinajstić information content (AvgIpc) is 2.18. The van der Waals surface area contributed by atoms with Gasteiger partial charge in [-0.05, 0) is 5.92 Å². The minimum atomic E-state index is 1.01.